The lowest BCUT2D eigenvalue weighted by atomic mass is 9.92. The van der Waals surface area contributed by atoms with Crippen molar-refractivity contribution in [2.45, 2.75) is 57.0 Å². The molecule has 0 heterocycles. The number of nitriles is 1. The van der Waals surface area contributed by atoms with Gasteiger partial charge in [0.15, 0.2) is 0 Å². The van der Waals surface area contributed by atoms with Crippen LogP contribution in [0.2, 0.25) is 0 Å². The van der Waals surface area contributed by atoms with Gasteiger partial charge >= 0.3 is 0 Å². The normalized spacial score (nSPS) is 20.4. The highest BCUT2D eigenvalue weighted by Gasteiger charge is 2.32. The molecular weight excluding hydrogens is 242 g/mol. The van der Waals surface area contributed by atoms with Crippen LogP contribution in [-0.2, 0) is 4.79 Å². The highest BCUT2D eigenvalue weighted by molar-refractivity contribution is 5.79. The van der Waals surface area contributed by atoms with Gasteiger partial charge in [0.25, 0.3) is 0 Å². The number of aliphatic hydroxyl groups excluding tert-OH is 1. The predicted octanol–water partition coefficient (Wildman–Crippen LogP) is 1.03. The van der Waals surface area contributed by atoms with Gasteiger partial charge in [0.1, 0.15) is 5.54 Å². The number of amides is 1. The summed E-state index contributed by atoms with van der Waals surface area (Å²) >= 11 is 0. The number of nitrogens with zero attached hydrogens (tertiary/aromatic N) is 2. The second kappa shape index (κ2) is 7.46. The number of nitrogens with one attached hydrogen (secondary N) is 1. The van der Waals surface area contributed by atoms with Gasteiger partial charge in [-0.2, -0.15) is 5.26 Å². The van der Waals surface area contributed by atoms with Crippen LogP contribution < -0.4 is 5.32 Å². The predicted molar refractivity (Wildman–Crippen MR) is 73.4 cm³/mol. The lowest BCUT2D eigenvalue weighted by Crippen LogP contribution is -2.51. The molecule has 0 spiro atoms. The van der Waals surface area contributed by atoms with Crippen molar-refractivity contribution in [1.82, 2.24) is 10.2 Å². The maximum Gasteiger partial charge on any atom is 0.235 e. The molecule has 0 aromatic heterocycles. The van der Waals surface area contributed by atoms with Crippen LogP contribution in [0.15, 0.2) is 0 Å². The highest BCUT2D eigenvalue weighted by Crippen LogP contribution is 2.26. The second-order valence-corrected chi connectivity index (χ2v) is 5.60. The summed E-state index contributed by atoms with van der Waals surface area (Å²) in [4.78, 5) is 13.8. The number of likely N-dealkylation sites (N-methyl/N-ethyl adjacent to an activating group) is 1. The minimum absolute atomic E-state index is 0.0210. The molecule has 0 aromatic rings. The van der Waals surface area contributed by atoms with Gasteiger partial charge in [-0.3, -0.25) is 9.69 Å². The smallest absolute Gasteiger partial charge is 0.235 e. The van der Waals surface area contributed by atoms with Crippen LogP contribution in [0.1, 0.15) is 45.4 Å². The quantitative estimate of drug-likeness (QED) is 0.730. The monoisotopic (exact) mass is 267 g/mol. The van der Waals surface area contributed by atoms with Crippen molar-refractivity contribution in [3.63, 3.8) is 0 Å². The van der Waals surface area contributed by atoms with Crippen molar-refractivity contribution in [3.8, 4) is 6.07 Å². The van der Waals surface area contributed by atoms with Crippen LogP contribution >= 0.6 is 0 Å². The lowest BCUT2D eigenvalue weighted by molar-refractivity contribution is -0.124. The fraction of sp³-hybridized carbons (Fsp3) is 0.857. The van der Waals surface area contributed by atoms with Crippen LogP contribution in [0.25, 0.3) is 0 Å². The fourth-order valence-corrected chi connectivity index (χ4v) is 2.43. The largest absolute Gasteiger partial charge is 0.395 e. The van der Waals surface area contributed by atoms with E-state index in [0.29, 0.717) is 0 Å². The first-order valence-electron chi connectivity index (χ1n) is 7.06. The molecule has 1 fully saturated rings. The molecule has 0 aliphatic heterocycles. The van der Waals surface area contributed by atoms with Crippen LogP contribution in [0.3, 0.4) is 0 Å². The van der Waals surface area contributed by atoms with Crippen molar-refractivity contribution < 1.29 is 9.90 Å². The third kappa shape index (κ3) is 4.81. The SMILES string of the molecule is CC(CO)N(C)CC(=O)NC1(C#N)CCCCCC1. The molecule has 0 bridgehead atoms. The minimum Gasteiger partial charge on any atom is -0.395 e. The summed E-state index contributed by atoms with van der Waals surface area (Å²) in [5.41, 5.74) is -0.684. The summed E-state index contributed by atoms with van der Waals surface area (Å²) in [7, 11) is 1.80. The molecule has 5 heteroatoms. The molecule has 1 saturated carbocycles. The van der Waals surface area contributed by atoms with E-state index < -0.39 is 5.54 Å². The minimum atomic E-state index is -0.684. The van der Waals surface area contributed by atoms with Crippen molar-refractivity contribution in [2.24, 2.45) is 0 Å². The van der Waals surface area contributed by atoms with E-state index in [4.69, 9.17) is 5.11 Å². The molecular formula is C14H25N3O2. The first-order valence-corrected chi connectivity index (χ1v) is 7.06. The first kappa shape index (κ1) is 15.9. The molecule has 1 unspecified atom stereocenters. The van der Waals surface area contributed by atoms with Crippen LogP contribution in [0.5, 0.6) is 0 Å². The van der Waals surface area contributed by atoms with Gasteiger partial charge in [-0.05, 0) is 26.8 Å². The lowest BCUT2D eigenvalue weighted by Gasteiger charge is -2.28. The zero-order valence-electron chi connectivity index (χ0n) is 12.0. The van der Waals surface area contributed by atoms with Gasteiger partial charge < -0.3 is 10.4 Å². The Morgan fingerprint density at radius 1 is 1.42 bits per heavy atom. The summed E-state index contributed by atoms with van der Waals surface area (Å²) in [6.07, 6.45) is 5.76. The highest BCUT2D eigenvalue weighted by atomic mass is 16.3. The first-order chi connectivity index (χ1) is 9.03. The summed E-state index contributed by atoms with van der Waals surface area (Å²) < 4.78 is 0. The third-order valence-electron chi connectivity index (χ3n) is 3.96. The molecule has 1 amide bonds. The molecule has 0 saturated heterocycles. The van der Waals surface area contributed by atoms with Crippen molar-refractivity contribution >= 4 is 5.91 Å². The Labute approximate surface area is 115 Å². The standard InChI is InChI=1S/C14H25N3O2/c1-12(10-18)17(2)9-13(19)16-14(11-15)7-5-3-4-6-8-14/h12,18H,3-10H2,1-2H3,(H,16,19). The van der Waals surface area contributed by atoms with Crippen LogP contribution in [0, 0.1) is 11.3 Å². The van der Waals surface area contributed by atoms with Gasteiger partial charge in [-0.1, -0.05) is 25.7 Å². The van der Waals surface area contributed by atoms with E-state index in [0.717, 1.165) is 38.5 Å². The molecule has 0 radical (unpaired) electrons. The number of carbonyl (C=O) groups excluding carboxylic acids is 1. The van der Waals surface area contributed by atoms with E-state index in [1.54, 1.807) is 11.9 Å². The van der Waals surface area contributed by atoms with Crippen molar-refractivity contribution in [2.75, 3.05) is 20.2 Å². The average Bonchev–Trinajstić information content (AvgIpc) is 2.63. The summed E-state index contributed by atoms with van der Waals surface area (Å²) in [5.74, 6) is -0.133. The fourth-order valence-electron chi connectivity index (χ4n) is 2.43. The molecule has 1 aliphatic rings. The Morgan fingerprint density at radius 2 is 2.00 bits per heavy atom. The zero-order chi connectivity index (χ0) is 14.3. The molecule has 1 aliphatic carbocycles. The number of hydrogen-bond donors (Lipinski definition) is 2. The molecule has 0 aromatic carbocycles. The van der Waals surface area contributed by atoms with Crippen LogP contribution in [0.4, 0.5) is 0 Å². The molecule has 19 heavy (non-hydrogen) atoms. The summed E-state index contributed by atoms with van der Waals surface area (Å²) in [6.45, 7) is 2.09. The topological polar surface area (TPSA) is 76.4 Å². The molecule has 5 nitrogen and oxygen atoms in total. The molecule has 108 valence electrons. The van der Waals surface area contributed by atoms with Gasteiger partial charge in [-0.25, -0.2) is 0 Å². The summed E-state index contributed by atoms with van der Waals surface area (Å²) in [6, 6.07) is 2.25. The molecule has 1 rings (SSSR count). The molecule has 1 atom stereocenters. The third-order valence-corrected chi connectivity index (χ3v) is 3.96. The maximum atomic E-state index is 12.0. The Bertz CT molecular complexity index is 330. The van der Waals surface area contributed by atoms with Crippen molar-refractivity contribution in [3.05, 3.63) is 0 Å². The van der Waals surface area contributed by atoms with E-state index in [1.165, 1.54) is 0 Å². The number of aliphatic hydroxyl groups is 1. The summed E-state index contributed by atoms with van der Waals surface area (Å²) in [5, 5.41) is 21.3. The Kier molecular flexibility index (Phi) is 6.26. The van der Waals surface area contributed by atoms with E-state index in [9.17, 15) is 10.1 Å². The van der Waals surface area contributed by atoms with Crippen LogP contribution in [-0.4, -0.2) is 47.7 Å². The zero-order valence-corrected chi connectivity index (χ0v) is 12.0. The second-order valence-electron chi connectivity index (χ2n) is 5.60. The van der Waals surface area contributed by atoms with Gasteiger partial charge in [0.05, 0.1) is 19.2 Å². The van der Waals surface area contributed by atoms with Gasteiger partial charge in [-0.15, -0.1) is 0 Å². The van der Waals surface area contributed by atoms with Gasteiger partial charge in [0, 0.05) is 6.04 Å². The maximum absolute atomic E-state index is 12.0. The number of carbonyl (C=O) groups is 1. The van der Waals surface area contributed by atoms with E-state index in [1.807, 2.05) is 6.92 Å². The Hall–Kier alpha value is -1.12. The Balaban J connectivity index is 2.55. The van der Waals surface area contributed by atoms with Crippen molar-refractivity contribution in [1.29, 1.82) is 5.26 Å². The molecule has 2 N–H and O–H groups in total. The average molecular weight is 267 g/mol. The van der Waals surface area contributed by atoms with E-state index in [-0.39, 0.29) is 25.1 Å². The van der Waals surface area contributed by atoms with E-state index >= 15 is 0 Å². The Morgan fingerprint density at radius 3 is 2.47 bits per heavy atom. The number of rotatable bonds is 5. The number of hydrogen-bond acceptors (Lipinski definition) is 4. The van der Waals surface area contributed by atoms with Gasteiger partial charge in [0.2, 0.25) is 5.91 Å². The van der Waals surface area contributed by atoms with E-state index in [2.05, 4.69) is 11.4 Å².